The third kappa shape index (κ3) is 6.27. The van der Waals surface area contributed by atoms with Crippen LogP contribution in [0.4, 0.5) is 0 Å². The Bertz CT molecular complexity index is 1970. The predicted molar refractivity (Wildman–Crippen MR) is 220 cm³/mol. The molecule has 57 heavy (non-hydrogen) atoms. The van der Waals surface area contributed by atoms with Gasteiger partial charge < -0.3 is 25.3 Å². The number of carbonyl (C=O) groups is 3. The van der Waals surface area contributed by atoms with Crippen LogP contribution in [0.25, 0.3) is 11.4 Å². The van der Waals surface area contributed by atoms with Crippen molar-refractivity contribution < 1.29 is 29.3 Å². The highest BCUT2D eigenvalue weighted by molar-refractivity contribution is 6.30. The highest BCUT2D eigenvalue weighted by Crippen LogP contribution is 2.77. The van der Waals surface area contributed by atoms with Crippen LogP contribution in [0.5, 0.6) is 0 Å². The normalized spacial score (nSPS) is 35.3. The Labute approximate surface area is 343 Å². The molecule has 0 saturated heterocycles. The van der Waals surface area contributed by atoms with Gasteiger partial charge in [0.05, 0.1) is 11.8 Å². The topological polar surface area (TPSA) is 158 Å². The zero-order chi connectivity index (χ0) is 41.7. The molecule has 4 saturated carbocycles. The van der Waals surface area contributed by atoms with Crippen LogP contribution in [-0.4, -0.2) is 55.3 Å². The van der Waals surface area contributed by atoms with E-state index in [1.54, 1.807) is 13.8 Å². The van der Waals surface area contributed by atoms with Gasteiger partial charge in [0.25, 0.3) is 0 Å². The summed E-state index contributed by atoms with van der Waals surface area (Å²) in [7, 11) is 0. The number of halogens is 1. The van der Waals surface area contributed by atoms with Gasteiger partial charge in [-0.2, -0.15) is 0 Å². The van der Waals surface area contributed by atoms with Crippen molar-refractivity contribution in [2.45, 2.75) is 145 Å². The zero-order valence-corrected chi connectivity index (χ0v) is 36.3. The van der Waals surface area contributed by atoms with Crippen molar-refractivity contribution in [2.24, 2.45) is 61.9 Å². The number of nitrogens with zero attached hydrogens (tertiary/aromatic N) is 3. The molecule has 1 heterocycles. The van der Waals surface area contributed by atoms with Crippen LogP contribution < -0.4 is 5.73 Å². The number of fused-ring (bicyclic) bond motifs is 7. The quantitative estimate of drug-likeness (QED) is 0.199. The van der Waals surface area contributed by atoms with E-state index in [2.05, 4.69) is 58.7 Å². The molecule has 10 nitrogen and oxygen atoms in total. The molecule has 0 amide bonds. The van der Waals surface area contributed by atoms with Gasteiger partial charge in [0.15, 0.2) is 17.4 Å². The van der Waals surface area contributed by atoms with E-state index in [9.17, 15) is 24.6 Å². The summed E-state index contributed by atoms with van der Waals surface area (Å²) in [4.78, 5) is 39.3. The number of hydrogen-bond acceptors (Lipinski definition) is 8. The first-order valence-electron chi connectivity index (χ1n) is 21.4. The number of ether oxygens (including phenoxy) is 1. The number of Topliss-reactive ketones (excluding diaryl/α,β-unsaturated/α-hetero) is 1. The Morgan fingerprint density at radius 3 is 2.28 bits per heavy atom. The molecule has 0 radical (unpaired) electrons. The number of esters is 1. The summed E-state index contributed by atoms with van der Waals surface area (Å²) >= 11 is 6.22. The van der Waals surface area contributed by atoms with Crippen molar-refractivity contribution in [3.05, 3.63) is 46.3 Å². The number of aliphatic carboxylic acids is 1. The molecule has 0 aliphatic heterocycles. The molecule has 7 rings (SSSR count). The van der Waals surface area contributed by atoms with E-state index in [-0.39, 0.29) is 58.2 Å². The van der Waals surface area contributed by atoms with Gasteiger partial charge in [-0.15, -0.1) is 10.2 Å². The maximum absolute atomic E-state index is 14.4. The Kier molecular flexibility index (Phi) is 10.5. The standard InChI is InChI=1S/C46H65ClN4O6/c1-26(2)35-30(52)24-46(37(54)39-50-49-38(51(39)23-22-48)27-10-12-28(47)13-11-27)21-20-44(8)29(36(35)46)14-15-32-43(7)18-17-33(57-34(53)25-41(3,4)40(55)56)42(5,6)31(43)16-19-45(32,44)9/h10-13,26,29,31-33,37,54H,14-25,48H2,1-9H3,(H,55,56). The summed E-state index contributed by atoms with van der Waals surface area (Å²) in [6, 6.07) is 7.44. The molecule has 0 bridgehead atoms. The fourth-order valence-electron chi connectivity index (χ4n) is 13.8. The average Bonchev–Trinajstić information content (AvgIpc) is 3.68. The number of aliphatic hydroxyl groups is 1. The molecule has 4 fully saturated rings. The Hall–Kier alpha value is -3.08. The van der Waals surface area contributed by atoms with E-state index in [0.717, 1.165) is 56.1 Å². The van der Waals surface area contributed by atoms with E-state index in [0.29, 0.717) is 48.0 Å². The van der Waals surface area contributed by atoms with Crippen LogP contribution in [0.3, 0.4) is 0 Å². The minimum Gasteiger partial charge on any atom is -0.481 e. The van der Waals surface area contributed by atoms with Gasteiger partial charge in [-0.3, -0.25) is 14.4 Å². The zero-order valence-electron chi connectivity index (χ0n) is 35.6. The summed E-state index contributed by atoms with van der Waals surface area (Å²) in [5.74, 6) is 0.707. The number of carboxylic acid groups (broad SMARTS) is 1. The van der Waals surface area contributed by atoms with E-state index in [4.69, 9.17) is 22.1 Å². The minimum atomic E-state index is -1.18. The van der Waals surface area contributed by atoms with E-state index in [1.165, 1.54) is 5.57 Å². The summed E-state index contributed by atoms with van der Waals surface area (Å²) in [6.45, 7) is 20.2. The number of carbonyl (C=O) groups excluding carboxylic acids is 2. The molecule has 9 unspecified atom stereocenters. The van der Waals surface area contributed by atoms with Gasteiger partial charge in [0, 0.05) is 40.9 Å². The number of allylic oxidation sites excluding steroid dienone is 1. The first-order valence-corrected chi connectivity index (χ1v) is 21.7. The van der Waals surface area contributed by atoms with Crippen LogP contribution in [0.15, 0.2) is 35.4 Å². The number of ketones is 1. The molecule has 11 heteroatoms. The number of aliphatic hydroxyl groups excluding tert-OH is 1. The van der Waals surface area contributed by atoms with Gasteiger partial charge in [-0.1, -0.05) is 60.1 Å². The monoisotopic (exact) mass is 804 g/mol. The molecular weight excluding hydrogens is 740 g/mol. The van der Waals surface area contributed by atoms with Crippen LogP contribution in [0.1, 0.15) is 138 Å². The first-order chi connectivity index (χ1) is 26.6. The van der Waals surface area contributed by atoms with Crippen molar-refractivity contribution in [2.75, 3.05) is 6.54 Å². The smallest absolute Gasteiger partial charge is 0.309 e. The molecule has 5 aliphatic rings. The van der Waals surface area contributed by atoms with Crippen molar-refractivity contribution in [3.8, 4) is 11.4 Å². The molecule has 9 atom stereocenters. The first kappa shape index (κ1) is 42.1. The number of aromatic nitrogens is 3. The van der Waals surface area contributed by atoms with E-state index < -0.39 is 28.9 Å². The second-order valence-corrected chi connectivity index (χ2v) is 21.2. The van der Waals surface area contributed by atoms with E-state index >= 15 is 0 Å². The third-order valence-electron chi connectivity index (χ3n) is 16.9. The molecule has 5 aliphatic carbocycles. The van der Waals surface area contributed by atoms with Crippen LogP contribution in [-0.2, 0) is 25.7 Å². The van der Waals surface area contributed by atoms with Gasteiger partial charge in [-0.05, 0) is 141 Å². The lowest BCUT2D eigenvalue weighted by Gasteiger charge is -2.72. The molecular formula is C46H65ClN4O6. The van der Waals surface area contributed by atoms with E-state index in [1.807, 2.05) is 28.8 Å². The molecule has 0 spiro atoms. The Balaban J connectivity index is 1.22. The van der Waals surface area contributed by atoms with Crippen molar-refractivity contribution >= 4 is 29.3 Å². The number of hydrogen-bond donors (Lipinski definition) is 3. The summed E-state index contributed by atoms with van der Waals surface area (Å²) < 4.78 is 8.12. The third-order valence-corrected chi connectivity index (χ3v) is 17.1. The highest BCUT2D eigenvalue weighted by Gasteiger charge is 2.71. The number of benzene rings is 1. The van der Waals surface area contributed by atoms with Crippen molar-refractivity contribution in [1.82, 2.24) is 14.8 Å². The molecule has 312 valence electrons. The van der Waals surface area contributed by atoms with Crippen LogP contribution in [0.2, 0.25) is 5.02 Å². The highest BCUT2D eigenvalue weighted by atomic mass is 35.5. The minimum absolute atomic E-state index is 0.0131. The predicted octanol–water partition coefficient (Wildman–Crippen LogP) is 8.98. The second kappa shape index (κ2) is 14.3. The molecule has 4 N–H and O–H groups in total. The maximum Gasteiger partial charge on any atom is 0.309 e. The lowest BCUT2D eigenvalue weighted by atomic mass is 9.33. The summed E-state index contributed by atoms with van der Waals surface area (Å²) in [6.07, 6.45) is 6.09. The summed E-state index contributed by atoms with van der Waals surface area (Å²) in [5.41, 5.74) is 6.71. The second-order valence-electron chi connectivity index (χ2n) is 20.8. The largest absolute Gasteiger partial charge is 0.481 e. The fourth-order valence-corrected chi connectivity index (χ4v) is 13.9. The SMILES string of the molecule is CC(C)C1=C2C3CCC4C5(C)CCC(OC(=O)CC(C)(C)C(=O)O)C(C)(C)C5CCC4(C)C3(C)CCC2(C(O)c2nnc(-c3ccc(Cl)cc3)n2CCN)CC1=O. The molecule has 1 aromatic heterocycles. The van der Waals surface area contributed by atoms with Gasteiger partial charge in [0.2, 0.25) is 0 Å². The molecule has 1 aromatic carbocycles. The maximum atomic E-state index is 14.4. The van der Waals surface area contributed by atoms with Crippen molar-refractivity contribution in [1.29, 1.82) is 0 Å². The molecule has 2 aromatic rings. The lowest BCUT2D eigenvalue weighted by Crippen LogP contribution is -2.66. The number of carboxylic acids is 1. The van der Waals surface area contributed by atoms with Gasteiger partial charge in [0.1, 0.15) is 12.2 Å². The van der Waals surface area contributed by atoms with Crippen LogP contribution >= 0.6 is 11.6 Å². The fraction of sp³-hybridized carbons (Fsp3) is 0.717. The number of rotatable bonds is 10. The average molecular weight is 806 g/mol. The van der Waals surface area contributed by atoms with Gasteiger partial charge >= 0.3 is 11.9 Å². The Morgan fingerprint density at radius 1 is 0.965 bits per heavy atom. The van der Waals surface area contributed by atoms with Gasteiger partial charge in [-0.25, -0.2) is 0 Å². The van der Waals surface area contributed by atoms with Crippen molar-refractivity contribution in [3.63, 3.8) is 0 Å². The van der Waals surface area contributed by atoms with Crippen LogP contribution in [0, 0.1) is 56.2 Å². The lowest BCUT2D eigenvalue weighted by molar-refractivity contribution is -0.235. The Morgan fingerprint density at radius 2 is 1.65 bits per heavy atom. The number of nitrogens with two attached hydrogens (primary N) is 1. The summed E-state index contributed by atoms with van der Waals surface area (Å²) in [5, 5.41) is 32.3.